The van der Waals surface area contributed by atoms with Crippen LogP contribution in [0.1, 0.15) is 50.4 Å². The minimum absolute atomic E-state index is 0.300. The number of rotatable bonds is 5. The number of anilines is 1. The largest absolute Gasteiger partial charge is 0.462 e. The zero-order valence-corrected chi connectivity index (χ0v) is 13.8. The Kier molecular flexibility index (Phi) is 4.11. The molecular weight excluding hydrogens is 276 g/mol. The van der Waals surface area contributed by atoms with Gasteiger partial charge < -0.3 is 10.1 Å². The van der Waals surface area contributed by atoms with E-state index in [2.05, 4.69) is 24.1 Å². The van der Waals surface area contributed by atoms with Gasteiger partial charge in [-0.2, -0.15) is 0 Å². The molecular formula is C18H26N2O2. The van der Waals surface area contributed by atoms with Gasteiger partial charge in [0.1, 0.15) is 11.4 Å². The second kappa shape index (κ2) is 5.90. The minimum Gasteiger partial charge on any atom is -0.462 e. The first-order valence-electron chi connectivity index (χ1n) is 8.40. The molecule has 4 rings (SSSR count). The second-order valence-corrected chi connectivity index (χ2v) is 7.20. The Labute approximate surface area is 132 Å². The smallest absolute Gasteiger partial charge is 0.341 e. The van der Waals surface area contributed by atoms with Gasteiger partial charge in [-0.05, 0) is 61.5 Å². The molecule has 22 heavy (non-hydrogen) atoms. The maximum Gasteiger partial charge on any atom is 0.341 e. The number of ether oxygens (including phenoxy) is 1. The van der Waals surface area contributed by atoms with Crippen molar-refractivity contribution in [1.29, 1.82) is 0 Å². The van der Waals surface area contributed by atoms with E-state index < -0.39 is 0 Å². The molecule has 0 amide bonds. The first-order chi connectivity index (χ1) is 10.5. The van der Waals surface area contributed by atoms with Gasteiger partial charge in [-0.25, -0.2) is 9.78 Å². The van der Waals surface area contributed by atoms with E-state index in [0.717, 1.165) is 18.4 Å². The molecule has 0 spiro atoms. The molecule has 3 fully saturated rings. The summed E-state index contributed by atoms with van der Waals surface area (Å²) >= 11 is 0. The Morgan fingerprint density at radius 2 is 2.27 bits per heavy atom. The highest BCUT2D eigenvalue weighted by Crippen LogP contribution is 2.61. The van der Waals surface area contributed by atoms with Crippen molar-refractivity contribution in [1.82, 2.24) is 4.98 Å². The SMILES string of the molecule is CCOC(=O)c1cccnc1NC[C@@H]1CC[C@H]2C[C@@H]1C2(C)C. The van der Waals surface area contributed by atoms with E-state index in [1.807, 2.05) is 6.92 Å². The van der Waals surface area contributed by atoms with Crippen LogP contribution in [0, 0.1) is 23.2 Å². The summed E-state index contributed by atoms with van der Waals surface area (Å²) in [5, 5.41) is 3.40. The molecule has 1 N–H and O–H groups in total. The van der Waals surface area contributed by atoms with E-state index in [4.69, 9.17) is 4.74 Å². The number of carbonyl (C=O) groups is 1. The number of hydrogen-bond donors (Lipinski definition) is 1. The molecule has 120 valence electrons. The summed E-state index contributed by atoms with van der Waals surface area (Å²) < 4.78 is 5.10. The average Bonchev–Trinajstić information content (AvgIpc) is 2.53. The molecule has 3 atom stereocenters. The molecule has 3 saturated carbocycles. The third-order valence-electron chi connectivity index (χ3n) is 5.84. The van der Waals surface area contributed by atoms with Gasteiger partial charge in [-0.3, -0.25) is 0 Å². The number of nitrogens with zero attached hydrogens (tertiary/aromatic N) is 1. The van der Waals surface area contributed by atoms with Crippen molar-refractivity contribution in [2.75, 3.05) is 18.5 Å². The van der Waals surface area contributed by atoms with Crippen molar-refractivity contribution in [2.45, 2.75) is 40.0 Å². The summed E-state index contributed by atoms with van der Waals surface area (Å²) in [4.78, 5) is 16.3. The van der Waals surface area contributed by atoms with Crippen LogP contribution in [0.2, 0.25) is 0 Å². The van der Waals surface area contributed by atoms with E-state index in [9.17, 15) is 4.79 Å². The van der Waals surface area contributed by atoms with Crippen LogP contribution in [0.3, 0.4) is 0 Å². The summed E-state index contributed by atoms with van der Waals surface area (Å²) in [6.45, 7) is 7.90. The van der Waals surface area contributed by atoms with Crippen LogP contribution < -0.4 is 5.32 Å². The molecule has 4 nitrogen and oxygen atoms in total. The lowest BCUT2D eigenvalue weighted by atomic mass is 9.45. The molecule has 0 aromatic carbocycles. The van der Waals surface area contributed by atoms with Gasteiger partial charge in [0.05, 0.1) is 6.61 Å². The minimum atomic E-state index is -0.300. The van der Waals surface area contributed by atoms with Crippen LogP contribution >= 0.6 is 0 Å². The van der Waals surface area contributed by atoms with E-state index in [1.54, 1.807) is 18.3 Å². The number of nitrogens with one attached hydrogen (secondary N) is 1. The number of pyridine rings is 1. The van der Waals surface area contributed by atoms with Crippen molar-refractivity contribution >= 4 is 11.8 Å². The van der Waals surface area contributed by atoms with Crippen LogP contribution in [-0.4, -0.2) is 24.1 Å². The molecule has 4 heteroatoms. The maximum atomic E-state index is 12.0. The summed E-state index contributed by atoms with van der Waals surface area (Å²) in [6, 6.07) is 3.55. The van der Waals surface area contributed by atoms with Gasteiger partial charge in [0, 0.05) is 12.7 Å². The first-order valence-corrected chi connectivity index (χ1v) is 8.40. The topological polar surface area (TPSA) is 51.2 Å². The Balaban J connectivity index is 1.66. The molecule has 2 bridgehead atoms. The van der Waals surface area contributed by atoms with Crippen molar-refractivity contribution in [3.63, 3.8) is 0 Å². The Hall–Kier alpha value is -1.58. The third-order valence-corrected chi connectivity index (χ3v) is 5.84. The fourth-order valence-electron chi connectivity index (χ4n) is 4.35. The fraction of sp³-hybridized carbons (Fsp3) is 0.667. The molecule has 3 aliphatic carbocycles. The summed E-state index contributed by atoms with van der Waals surface area (Å²) in [6.07, 6.45) is 5.71. The first kappa shape index (κ1) is 15.3. The number of hydrogen-bond acceptors (Lipinski definition) is 4. The second-order valence-electron chi connectivity index (χ2n) is 7.20. The van der Waals surface area contributed by atoms with Crippen LogP contribution in [-0.2, 0) is 4.74 Å². The maximum absolute atomic E-state index is 12.0. The van der Waals surface area contributed by atoms with Crippen molar-refractivity contribution in [2.24, 2.45) is 23.2 Å². The van der Waals surface area contributed by atoms with Crippen molar-refractivity contribution in [3.8, 4) is 0 Å². The lowest BCUT2D eigenvalue weighted by Crippen LogP contribution is -2.53. The Bertz CT molecular complexity index is 554. The zero-order valence-electron chi connectivity index (χ0n) is 13.8. The number of fused-ring (bicyclic) bond motifs is 2. The van der Waals surface area contributed by atoms with Gasteiger partial charge in [-0.1, -0.05) is 13.8 Å². The molecule has 3 aliphatic rings. The van der Waals surface area contributed by atoms with Gasteiger partial charge >= 0.3 is 5.97 Å². The summed E-state index contributed by atoms with van der Waals surface area (Å²) in [7, 11) is 0. The molecule has 1 heterocycles. The van der Waals surface area contributed by atoms with E-state index in [0.29, 0.717) is 29.3 Å². The van der Waals surface area contributed by atoms with E-state index >= 15 is 0 Å². The van der Waals surface area contributed by atoms with Crippen molar-refractivity contribution in [3.05, 3.63) is 23.9 Å². The zero-order chi connectivity index (χ0) is 15.7. The number of aromatic nitrogens is 1. The summed E-state index contributed by atoms with van der Waals surface area (Å²) in [5.74, 6) is 2.75. The predicted octanol–water partition coefficient (Wildman–Crippen LogP) is 3.74. The molecule has 0 aliphatic heterocycles. The average molecular weight is 302 g/mol. The molecule has 0 saturated heterocycles. The number of carbonyl (C=O) groups excluding carboxylic acids is 1. The summed E-state index contributed by atoms with van der Waals surface area (Å²) in [5.41, 5.74) is 1.02. The van der Waals surface area contributed by atoms with Crippen LogP contribution in [0.4, 0.5) is 5.82 Å². The normalized spacial score (nSPS) is 28.6. The molecule has 1 aromatic rings. The standard InChI is InChI=1S/C18H26N2O2/c1-4-22-17(21)14-6-5-9-19-16(14)20-11-12-7-8-13-10-15(12)18(13,2)3/h5-6,9,12-13,15H,4,7-8,10-11H2,1-3H3,(H,19,20)/t12-,13-,15-/m0/s1. The van der Waals surface area contributed by atoms with Crippen LogP contribution in [0.25, 0.3) is 0 Å². The Morgan fingerprint density at radius 3 is 2.95 bits per heavy atom. The van der Waals surface area contributed by atoms with E-state index in [1.165, 1.54) is 19.3 Å². The predicted molar refractivity (Wildman–Crippen MR) is 86.8 cm³/mol. The van der Waals surface area contributed by atoms with Crippen LogP contribution in [0.15, 0.2) is 18.3 Å². The molecule has 1 aromatic heterocycles. The van der Waals surface area contributed by atoms with Gasteiger partial charge in [0.25, 0.3) is 0 Å². The monoisotopic (exact) mass is 302 g/mol. The van der Waals surface area contributed by atoms with Crippen LogP contribution in [0.5, 0.6) is 0 Å². The highest BCUT2D eigenvalue weighted by atomic mass is 16.5. The highest BCUT2D eigenvalue weighted by Gasteiger charge is 2.53. The quantitative estimate of drug-likeness (QED) is 0.842. The lowest BCUT2D eigenvalue weighted by Gasteiger charge is -2.60. The molecule has 0 unspecified atom stereocenters. The number of esters is 1. The third kappa shape index (κ3) is 2.59. The lowest BCUT2D eigenvalue weighted by molar-refractivity contribution is -0.100. The van der Waals surface area contributed by atoms with Gasteiger partial charge in [-0.15, -0.1) is 0 Å². The fourth-order valence-corrected chi connectivity index (χ4v) is 4.35. The van der Waals surface area contributed by atoms with E-state index in [-0.39, 0.29) is 5.97 Å². The van der Waals surface area contributed by atoms with Gasteiger partial charge in [0.15, 0.2) is 0 Å². The van der Waals surface area contributed by atoms with Gasteiger partial charge in [0.2, 0.25) is 0 Å². The van der Waals surface area contributed by atoms with Crippen molar-refractivity contribution < 1.29 is 9.53 Å². The highest BCUT2D eigenvalue weighted by molar-refractivity contribution is 5.94. The molecule has 0 radical (unpaired) electrons. The Morgan fingerprint density at radius 1 is 1.45 bits per heavy atom.